The number of carbonyl (C=O) groups excluding carboxylic acids is 1. The summed E-state index contributed by atoms with van der Waals surface area (Å²) in [5.74, 6) is -0.117. The van der Waals surface area contributed by atoms with Crippen molar-refractivity contribution in [3.05, 3.63) is 35.9 Å². The summed E-state index contributed by atoms with van der Waals surface area (Å²) in [5.41, 5.74) is 0.630. The summed E-state index contributed by atoms with van der Waals surface area (Å²) in [6.45, 7) is 8.12. The molecule has 0 aliphatic carbocycles. The fraction of sp³-hybridized carbons (Fsp3) is 0.562. The van der Waals surface area contributed by atoms with E-state index in [1.807, 2.05) is 25.1 Å². The smallest absolute Gasteiger partial charge is 0.306 e. The second-order valence-electron chi connectivity index (χ2n) is 5.14. The molecule has 1 heterocycles. The van der Waals surface area contributed by atoms with Crippen LogP contribution in [0, 0.1) is 0 Å². The first kappa shape index (κ1) is 14.1. The van der Waals surface area contributed by atoms with Crippen molar-refractivity contribution < 1.29 is 9.53 Å². The molecular formula is C16H23NO2. The maximum Gasteiger partial charge on any atom is 0.306 e. The fourth-order valence-corrected chi connectivity index (χ4v) is 3.02. The summed E-state index contributed by atoms with van der Waals surface area (Å²) < 4.78 is 5.90. The van der Waals surface area contributed by atoms with Crippen molar-refractivity contribution in [1.29, 1.82) is 0 Å². The summed E-state index contributed by atoms with van der Waals surface area (Å²) >= 11 is 0. The summed E-state index contributed by atoms with van der Waals surface area (Å²) in [6.07, 6.45) is 1.30. The molecule has 2 atom stereocenters. The van der Waals surface area contributed by atoms with Crippen LogP contribution in [0.15, 0.2) is 30.3 Å². The van der Waals surface area contributed by atoms with Crippen LogP contribution in [0.25, 0.3) is 0 Å². The molecule has 104 valence electrons. The van der Waals surface area contributed by atoms with Crippen LogP contribution in [0.2, 0.25) is 0 Å². The highest BCUT2D eigenvalue weighted by Crippen LogP contribution is 2.41. The Balaban J connectivity index is 2.37. The quantitative estimate of drug-likeness (QED) is 0.780. The van der Waals surface area contributed by atoms with Gasteiger partial charge in [0.2, 0.25) is 0 Å². The Morgan fingerprint density at radius 3 is 2.58 bits per heavy atom. The second kappa shape index (κ2) is 5.74. The molecule has 1 aliphatic heterocycles. The number of carbonyl (C=O) groups is 1. The van der Waals surface area contributed by atoms with Gasteiger partial charge in [-0.3, -0.25) is 9.69 Å². The summed E-state index contributed by atoms with van der Waals surface area (Å²) in [4.78, 5) is 14.2. The number of nitrogens with zero attached hydrogens (tertiary/aromatic N) is 1. The van der Waals surface area contributed by atoms with Crippen LogP contribution < -0.4 is 0 Å². The van der Waals surface area contributed by atoms with Gasteiger partial charge in [-0.05, 0) is 19.0 Å². The summed E-state index contributed by atoms with van der Waals surface area (Å²) in [7, 11) is 0. The molecule has 1 saturated heterocycles. The Labute approximate surface area is 115 Å². The second-order valence-corrected chi connectivity index (χ2v) is 5.14. The molecular weight excluding hydrogens is 238 g/mol. The first-order chi connectivity index (χ1) is 9.14. The van der Waals surface area contributed by atoms with Crippen molar-refractivity contribution in [2.75, 3.05) is 13.1 Å². The van der Waals surface area contributed by atoms with Gasteiger partial charge in [0.1, 0.15) is 0 Å². The monoisotopic (exact) mass is 261 g/mol. The van der Waals surface area contributed by atoms with Crippen molar-refractivity contribution in [1.82, 2.24) is 4.90 Å². The first-order valence-corrected chi connectivity index (χ1v) is 7.15. The molecule has 0 bridgehead atoms. The molecule has 0 aromatic heterocycles. The molecule has 1 aromatic rings. The van der Waals surface area contributed by atoms with E-state index in [0.29, 0.717) is 6.42 Å². The molecule has 1 fully saturated rings. The third-order valence-electron chi connectivity index (χ3n) is 4.25. The van der Waals surface area contributed by atoms with E-state index in [1.54, 1.807) is 0 Å². The Kier molecular flexibility index (Phi) is 4.25. The molecule has 2 rings (SSSR count). The maximum atomic E-state index is 11.8. The number of ether oxygens (including phenoxy) is 1. The van der Waals surface area contributed by atoms with E-state index in [-0.39, 0.29) is 12.0 Å². The van der Waals surface area contributed by atoms with E-state index in [9.17, 15) is 4.79 Å². The van der Waals surface area contributed by atoms with Crippen molar-refractivity contribution >= 4 is 5.97 Å². The van der Waals surface area contributed by atoms with Crippen molar-refractivity contribution in [3.63, 3.8) is 0 Å². The third kappa shape index (κ3) is 2.52. The van der Waals surface area contributed by atoms with Gasteiger partial charge in [0.05, 0.1) is 6.04 Å². The topological polar surface area (TPSA) is 29.5 Å². The number of benzene rings is 1. The lowest BCUT2D eigenvalue weighted by molar-refractivity contribution is -0.163. The van der Waals surface area contributed by atoms with Gasteiger partial charge < -0.3 is 4.74 Å². The van der Waals surface area contributed by atoms with Crippen LogP contribution in [0.5, 0.6) is 0 Å². The minimum atomic E-state index is -0.482. The molecule has 3 heteroatoms. The number of likely N-dealkylation sites (tertiary alicyclic amines) is 1. The normalized spacial score (nSPS) is 27.4. The zero-order valence-corrected chi connectivity index (χ0v) is 12.1. The zero-order valence-electron chi connectivity index (χ0n) is 12.1. The largest absolute Gasteiger partial charge is 0.452 e. The van der Waals surface area contributed by atoms with Gasteiger partial charge in [-0.25, -0.2) is 0 Å². The number of hydrogen-bond acceptors (Lipinski definition) is 3. The molecule has 0 N–H and O–H groups in total. The minimum Gasteiger partial charge on any atom is -0.452 e. The Hall–Kier alpha value is -1.35. The lowest BCUT2D eigenvalue weighted by atomic mass is 9.87. The zero-order chi connectivity index (χ0) is 13.9. The van der Waals surface area contributed by atoms with Gasteiger partial charge >= 0.3 is 5.97 Å². The van der Waals surface area contributed by atoms with Crippen LogP contribution in [-0.2, 0) is 15.1 Å². The third-order valence-corrected chi connectivity index (χ3v) is 4.25. The van der Waals surface area contributed by atoms with Gasteiger partial charge in [-0.1, -0.05) is 44.2 Å². The number of hydrogen-bond donors (Lipinski definition) is 0. The number of rotatable bonds is 4. The summed E-state index contributed by atoms with van der Waals surface area (Å²) in [5, 5.41) is 0. The Bertz CT molecular complexity index is 432. The maximum absolute atomic E-state index is 11.8. The van der Waals surface area contributed by atoms with E-state index in [4.69, 9.17) is 4.74 Å². The van der Waals surface area contributed by atoms with Crippen LogP contribution in [-0.4, -0.2) is 30.0 Å². The Morgan fingerprint density at radius 1 is 1.37 bits per heavy atom. The fourth-order valence-electron chi connectivity index (χ4n) is 3.02. The van der Waals surface area contributed by atoms with E-state index in [0.717, 1.165) is 25.1 Å². The van der Waals surface area contributed by atoms with Gasteiger partial charge in [0.25, 0.3) is 0 Å². The standard InChI is InChI=1S/C16H23NO2/c1-4-15(18)19-16(14-9-7-6-8-10-14)11-12-17(5-2)13(16)3/h6-10,13H,4-5,11-12H2,1-3H3. The molecule has 2 unspecified atom stereocenters. The van der Waals surface area contributed by atoms with Crippen LogP contribution in [0.4, 0.5) is 0 Å². The van der Waals surface area contributed by atoms with E-state index in [1.165, 1.54) is 0 Å². The number of esters is 1. The molecule has 1 aromatic carbocycles. The average Bonchev–Trinajstić information content (AvgIpc) is 2.77. The van der Waals surface area contributed by atoms with Crippen LogP contribution in [0.3, 0.4) is 0 Å². The van der Waals surface area contributed by atoms with E-state index < -0.39 is 5.60 Å². The molecule has 0 radical (unpaired) electrons. The van der Waals surface area contributed by atoms with Gasteiger partial charge in [-0.15, -0.1) is 0 Å². The van der Waals surface area contributed by atoms with E-state index in [2.05, 4.69) is 30.9 Å². The van der Waals surface area contributed by atoms with E-state index >= 15 is 0 Å². The highest BCUT2D eigenvalue weighted by molar-refractivity contribution is 5.70. The van der Waals surface area contributed by atoms with Crippen LogP contribution >= 0.6 is 0 Å². The summed E-state index contributed by atoms with van der Waals surface area (Å²) in [6, 6.07) is 10.4. The average molecular weight is 261 g/mol. The molecule has 0 saturated carbocycles. The highest BCUT2D eigenvalue weighted by Gasteiger charge is 2.48. The number of likely N-dealkylation sites (N-methyl/N-ethyl adjacent to an activating group) is 1. The molecule has 0 amide bonds. The molecule has 3 nitrogen and oxygen atoms in total. The molecule has 0 spiro atoms. The lowest BCUT2D eigenvalue weighted by Crippen LogP contribution is -2.43. The van der Waals surface area contributed by atoms with Crippen molar-refractivity contribution in [3.8, 4) is 0 Å². The predicted molar refractivity (Wildman–Crippen MR) is 75.8 cm³/mol. The van der Waals surface area contributed by atoms with Gasteiger partial charge in [-0.2, -0.15) is 0 Å². The van der Waals surface area contributed by atoms with Crippen molar-refractivity contribution in [2.45, 2.75) is 45.3 Å². The van der Waals surface area contributed by atoms with Crippen LogP contribution in [0.1, 0.15) is 39.2 Å². The molecule has 1 aliphatic rings. The predicted octanol–water partition coefficient (Wildman–Crippen LogP) is 2.95. The first-order valence-electron chi connectivity index (χ1n) is 7.15. The highest BCUT2D eigenvalue weighted by atomic mass is 16.6. The molecule has 19 heavy (non-hydrogen) atoms. The SMILES string of the molecule is CCC(=O)OC1(c2ccccc2)CCN(CC)C1C. The van der Waals surface area contributed by atoms with Gasteiger partial charge in [0.15, 0.2) is 5.60 Å². The lowest BCUT2D eigenvalue weighted by Gasteiger charge is -2.36. The van der Waals surface area contributed by atoms with Crippen molar-refractivity contribution in [2.24, 2.45) is 0 Å². The Morgan fingerprint density at radius 2 is 2.05 bits per heavy atom. The van der Waals surface area contributed by atoms with Gasteiger partial charge in [0, 0.05) is 19.4 Å². The minimum absolute atomic E-state index is 0.117.